The maximum Gasteiger partial charge on any atom is 0.264 e. The summed E-state index contributed by atoms with van der Waals surface area (Å²) >= 11 is 9.55. The number of amides is 1. The van der Waals surface area contributed by atoms with Gasteiger partial charge in [0.15, 0.2) is 5.60 Å². The highest BCUT2D eigenvalue weighted by atomic mass is 79.9. The molecule has 1 N–H and O–H groups in total. The van der Waals surface area contributed by atoms with Crippen LogP contribution in [0.1, 0.15) is 24.5 Å². The molecule has 1 atom stereocenters. The van der Waals surface area contributed by atoms with Gasteiger partial charge >= 0.3 is 0 Å². The van der Waals surface area contributed by atoms with Crippen LogP contribution in [0.2, 0.25) is 5.02 Å². The molecule has 0 unspecified atom stereocenters. The van der Waals surface area contributed by atoms with Gasteiger partial charge in [0, 0.05) is 21.5 Å². The van der Waals surface area contributed by atoms with Crippen molar-refractivity contribution in [3.8, 4) is 0 Å². The van der Waals surface area contributed by atoms with E-state index in [2.05, 4.69) is 15.9 Å². The number of ketones is 1. The van der Waals surface area contributed by atoms with Crippen LogP contribution in [0, 0.1) is 0 Å². The van der Waals surface area contributed by atoms with Gasteiger partial charge in [-0.1, -0.05) is 45.7 Å². The molecule has 0 aromatic heterocycles. The summed E-state index contributed by atoms with van der Waals surface area (Å²) in [7, 11) is 0. The Morgan fingerprint density at radius 3 is 2.67 bits per heavy atom. The fourth-order valence-corrected chi connectivity index (χ4v) is 3.56. The SMILES string of the molecule is CC(=O)C[C@@]1(O)C(=O)N(Cc2ccccc2Cl)c2ccc(Br)cc21. The third-order valence-corrected chi connectivity index (χ3v) is 4.95. The van der Waals surface area contributed by atoms with E-state index < -0.39 is 11.5 Å². The second-order valence-corrected chi connectivity index (χ2v) is 7.21. The van der Waals surface area contributed by atoms with E-state index in [1.54, 1.807) is 24.3 Å². The lowest BCUT2D eigenvalue weighted by Crippen LogP contribution is -2.41. The van der Waals surface area contributed by atoms with Gasteiger partial charge in [0.25, 0.3) is 5.91 Å². The topological polar surface area (TPSA) is 57.6 Å². The molecule has 0 radical (unpaired) electrons. The molecule has 1 heterocycles. The van der Waals surface area contributed by atoms with Gasteiger partial charge in [0.05, 0.1) is 12.2 Å². The Morgan fingerprint density at radius 2 is 2.00 bits per heavy atom. The summed E-state index contributed by atoms with van der Waals surface area (Å²) < 4.78 is 0.732. The molecule has 1 amide bonds. The fraction of sp³-hybridized carbons (Fsp3) is 0.222. The Hall–Kier alpha value is -1.69. The number of aliphatic hydroxyl groups is 1. The second-order valence-electron chi connectivity index (χ2n) is 5.88. The first kappa shape index (κ1) is 17.1. The molecule has 24 heavy (non-hydrogen) atoms. The highest BCUT2D eigenvalue weighted by Gasteiger charge is 2.50. The minimum Gasteiger partial charge on any atom is -0.375 e. The first-order valence-electron chi connectivity index (χ1n) is 7.40. The predicted molar refractivity (Wildman–Crippen MR) is 96.0 cm³/mol. The molecular formula is C18H15BrClNO3. The number of hydrogen-bond donors (Lipinski definition) is 1. The van der Waals surface area contributed by atoms with Crippen molar-refractivity contribution in [2.75, 3.05) is 4.90 Å². The van der Waals surface area contributed by atoms with Crippen LogP contribution in [0.5, 0.6) is 0 Å². The fourth-order valence-electron chi connectivity index (χ4n) is 3.01. The van der Waals surface area contributed by atoms with Gasteiger partial charge in [-0.25, -0.2) is 0 Å². The maximum absolute atomic E-state index is 12.9. The molecule has 1 aliphatic rings. The molecule has 6 heteroatoms. The second kappa shape index (κ2) is 6.31. The number of anilines is 1. The summed E-state index contributed by atoms with van der Waals surface area (Å²) in [6.45, 7) is 1.59. The Balaban J connectivity index is 2.08. The molecule has 2 aromatic carbocycles. The van der Waals surface area contributed by atoms with Crippen LogP contribution in [0.4, 0.5) is 5.69 Å². The van der Waals surface area contributed by atoms with Crippen LogP contribution < -0.4 is 4.90 Å². The van der Waals surface area contributed by atoms with Crippen LogP contribution in [-0.4, -0.2) is 16.8 Å². The summed E-state index contributed by atoms with van der Waals surface area (Å²) in [6.07, 6.45) is -0.256. The number of hydrogen-bond acceptors (Lipinski definition) is 3. The minimum atomic E-state index is -1.84. The first-order chi connectivity index (χ1) is 11.3. The molecular weight excluding hydrogens is 394 g/mol. The molecule has 0 saturated heterocycles. The number of carbonyl (C=O) groups is 2. The molecule has 3 rings (SSSR count). The molecule has 0 saturated carbocycles. The van der Waals surface area contributed by atoms with E-state index in [-0.39, 0.29) is 18.7 Å². The minimum absolute atomic E-state index is 0.230. The largest absolute Gasteiger partial charge is 0.375 e. The van der Waals surface area contributed by atoms with E-state index in [0.717, 1.165) is 10.0 Å². The first-order valence-corrected chi connectivity index (χ1v) is 8.57. The zero-order chi connectivity index (χ0) is 17.5. The summed E-state index contributed by atoms with van der Waals surface area (Å²) in [5.74, 6) is -0.762. The highest BCUT2D eigenvalue weighted by molar-refractivity contribution is 9.10. The van der Waals surface area contributed by atoms with Crippen LogP contribution in [0.15, 0.2) is 46.9 Å². The third-order valence-electron chi connectivity index (χ3n) is 4.08. The Labute approximate surface area is 153 Å². The average Bonchev–Trinajstić information content (AvgIpc) is 2.71. The molecule has 1 aliphatic heterocycles. The zero-order valence-corrected chi connectivity index (χ0v) is 15.3. The summed E-state index contributed by atoms with van der Waals surface area (Å²) in [4.78, 5) is 26.0. The van der Waals surface area contributed by atoms with Crippen molar-refractivity contribution in [1.29, 1.82) is 0 Å². The molecule has 0 fully saturated rings. The molecule has 4 nitrogen and oxygen atoms in total. The van der Waals surface area contributed by atoms with Crippen molar-refractivity contribution in [3.05, 3.63) is 63.1 Å². The quantitative estimate of drug-likeness (QED) is 0.837. The molecule has 0 bridgehead atoms. The van der Waals surface area contributed by atoms with Crippen molar-refractivity contribution in [1.82, 2.24) is 0 Å². The Kier molecular flexibility index (Phi) is 4.51. The number of carbonyl (C=O) groups excluding carboxylic acids is 2. The van der Waals surface area contributed by atoms with Crippen molar-refractivity contribution < 1.29 is 14.7 Å². The van der Waals surface area contributed by atoms with Crippen molar-refractivity contribution in [3.63, 3.8) is 0 Å². The van der Waals surface area contributed by atoms with Gasteiger partial charge in [0.1, 0.15) is 5.78 Å². The van der Waals surface area contributed by atoms with E-state index in [9.17, 15) is 14.7 Å². The smallest absolute Gasteiger partial charge is 0.264 e. The molecule has 2 aromatic rings. The number of rotatable bonds is 4. The number of fused-ring (bicyclic) bond motifs is 1. The van der Waals surface area contributed by atoms with Crippen molar-refractivity contribution >= 4 is 44.9 Å². The standard InChI is InChI=1S/C18H15BrClNO3/c1-11(22)9-18(24)14-8-13(19)6-7-16(14)21(17(18)23)10-12-4-2-3-5-15(12)20/h2-8,24H,9-10H2,1H3/t18-/m0/s1. The monoisotopic (exact) mass is 407 g/mol. The van der Waals surface area contributed by atoms with Crippen LogP contribution in [-0.2, 0) is 21.7 Å². The number of halogens is 2. The van der Waals surface area contributed by atoms with Crippen LogP contribution in [0.3, 0.4) is 0 Å². The van der Waals surface area contributed by atoms with E-state index in [0.29, 0.717) is 16.3 Å². The van der Waals surface area contributed by atoms with E-state index in [4.69, 9.17) is 11.6 Å². The lowest BCUT2D eigenvalue weighted by molar-refractivity contribution is -0.141. The third kappa shape index (κ3) is 2.88. The average molecular weight is 409 g/mol. The Bertz CT molecular complexity index is 839. The normalized spacial score (nSPS) is 19.5. The van der Waals surface area contributed by atoms with Gasteiger partial charge in [0.2, 0.25) is 0 Å². The summed E-state index contributed by atoms with van der Waals surface area (Å²) in [6, 6.07) is 12.5. The van der Waals surface area contributed by atoms with E-state index in [1.807, 2.05) is 18.2 Å². The highest BCUT2D eigenvalue weighted by Crippen LogP contribution is 2.44. The summed E-state index contributed by atoms with van der Waals surface area (Å²) in [5.41, 5.74) is -0.0453. The van der Waals surface area contributed by atoms with Gasteiger partial charge in [-0.3, -0.25) is 9.59 Å². The zero-order valence-electron chi connectivity index (χ0n) is 12.9. The number of Topliss-reactive ketones (excluding diaryl/α,β-unsaturated/α-hetero) is 1. The molecule has 0 aliphatic carbocycles. The summed E-state index contributed by atoms with van der Waals surface area (Å²) in [5, 5.41) is 11.5. The molecule has 0 spiro atoms. The van der Waals surface area contributed by atoms with Gasteiger partial charge in [-0.2, -0.15) is 0 Å². The van der Waals surface area contributed by atoms with E-state index in [1.165, 1.54) is 11.8 Å². The van der Waals surface area contributed by atoms with Crippen molar-refractivity contribution in [2.45, 2.75) is 25.5 Å². The van der Waals surface area contributed by atoms with Gasteiger partial charge in [-0.05, 0) is 36.8 Å². The number of benzene rings is 2. The Morgan fingerprint density at radius 1 is 1.29 bits per heavy atom. The maximum atomic E-state index is 12.9. The molecule has 124 valence electrons. The number of nitrogens with zero attached hydrogens (tertiary/aromatic N) is 1. The van der Waals surface area contributed by atoms with Crippen LogP contribution >= 0.6 is 27.5 Å². The van der Waals surface area contributed by atoms with Gasteiger partial charge < -0.3 is 10.0 Å². The lowest BCUT2D eigenvalue weighted by Gasteiger charge is -2.22. The lowest BCUT2D eigenvalue weighted by atomic mass is 9.90. The predicted octanol–water partition coefficient (Wildman–Crippen LogP) is 3.82. The van der Waals surface area contributed by atoms with Gasteiger partial charge in [-0.15, -0.1) is 0 Å². The van der Waals surface area contributed by atoms with E-state index >= 15 is 0 Å². The van der Waals surface area contributed by atoms with Crippen molar-refractivity contribution in [2.24, 2.45) is 0 Å². The van der Waals surface area contributed by atoms with Crippen LogP contribution in [0.25, 0.3) is 0 Å².